The van der Waals surface area contributed by atoms with Gasteiger partial charge in [0.1, 0.15) is 17.4 Å². The third-order valence-electron chi connectivity index (χ3n) is 2.47. The molecule has 1 aromatic carbocycles. The van der Waals surface area contributed by atoms with Gasteiger partial charge in [-0.25, -0.2) is 4.68 Å². The number of alkyl halides is 1. The summed E-state index contributed by atoms with van der Waals surface area (Å²) < 4.78 is 10.8. The molecule has 0 bridgehead atoms. The predicted molar refractivity (Wildman–Crippen MR) is 89.6 cm³/mol. The van der Waals surface area contributed by atoms with E-state index in [9.17, 15) is 9.59 Å². The van der Waals surface area contributed by atoms with Crippen LogP contribution in [0.25, 0.3) is 11.0 Å². The van der Waals surface area contributed by atoms with Crippen LogP contribution in [0.1, 0.15) is 13.8 Å². The number of halogens is 2. The molecule has 0 aliphatic carbocycles. The van der Waals surface area contributed by atoms with Crippen molar-refractivity contribution >= 4 is 50.5 Å². The highest BCUT2D eigenvalue weighted by atomic mass is 79.9. The number of nitrogens with zero attached hydrogens (tertiary/aromatic N) is 3. The lowest BCUT2D eigenvalue weighted by Gasteiger charge is -2.02. The van der Waals surface area contributed by atoms with E-state index in [0.717, 1.165) is 5.52 Å². The first-order valence-corrected chi connectivity index (χ1v) is 8.37. The Morgan fingerprint density at radius 3 is 2.43 bits per heavy atom. The SMILES string of the molecule is CCOC(=O)CBr.CCOC(=O)Cn1nnc2ccc(Cl)cc21. The molecule has 23 heavy (non-hydrogen) atoms. The Balaban J connectivity index is 0.000000322. The monoisotopic (exact) mass is 405 g/mol. The maximum absolute atomic E-state index is 11.3. The number of esters is 2. The minimum atomic E-state index is -0.339. The number of carbonyl (C=O) groups is 2. The van der Waals surface area contributed by atoms with Gasteiger partial charge in [-0.3, -0.25) is 9.59 Å². The van der Waals surface area contributed by atoms with E-state index in [1.165, 1.54) is 4.68 Å². The van der Waals surface area contributed by atoms with E-state index < -0.39 is 0 Å². The topological polar surface area (TPSA) is 83.3 Å². The minimum Gasteiger partial charge on any atom is -0.465 e. The van der Waals surface area contributed by atoms with Crippen LogP contribution in [0.4, 0.5) is 0 Å². The molecule has 0 fully saturated rings. The second-order valence-corrected chi connectivity index (χ2v) is 5.12. The molecule has 0 radical (unpaired) electrons. The Labute approximate surface area is 147 Å². The number of hydrogen-bond acceptors (Lipinski definition) is 6. The normalized spacial score (nSPS) is 9.91. The summed E-state index contributed by atoms with van der Waals surface area (Å²) in [5.41, 5.74) is 1.43. The van der Waals surface area contributed by atoms with Gasteiger partial charge in [0.2, 0.25) is 0 Å². The predicted octanol–water partition coefficient (Wildman–Crippen LogP) is 2.59. The molecule has 0 saturated carbocycles. The Morgan fingerprint density at radius 2 is 1.87 bits per heavy atom. The number of carbonyl (C=O) groups excluding carboxylic acids is 2. The average Bonchev–Trinajstić information content (AvgIpc) is 2.90. The van der Waals surface area contributed by atoms with E-state index >= 15 is 0 Å². The number of benzene rings is 1. The summed E-state index contributed by atoms with van der Waals surface area (Å²) in [5, 5.41) is 8.66. The Bertz CT molecular complexity index is 663. The summed E-state index contributed by atoms with van der Waals surface area (Å²) >= 11 is 8.80. The second kappa shape index (κ2) is 10.2. The van der Waals surface area contributed by atoms with Crippen molar-refractivity contribution < 1.29 is 19.1 Å². The molecule has 2 aromatic rings. The third kappa shape index (κ3) is 6.54. The largest absolute Gasteiger partial charge is 0.465 e. The lowest BCUT2D eigenvalue weighted by Crippen LogP contribution is -2.14. The van der Waals surface area contributed by atoms with Crippen molar-refractivity contribution in [1.82, 2.24) is 15.0 Å². The van der Waals surface area contributed by atoms with Crippen LogP contribution >= 0.6 is 27.5 Å². The fourth-order valence-electron chi connectivity index (χ4n) is 1.58. The van der Waals surface area contributed by atoms with Crippen molar-refractivity contribution in [3.05, 3.63) is 23.2 Å². The molecule has 0 saturated heterocycles. The van der Waals surface area contributed by atoms with Gasteiger partial charge < -0.3 is 9.47 Å². The van der Waals surface area contributed by atoms with Crippen LogP contribution in [-0.4, -0.2) is 45.5 Å². The number of fused-ring (bicyclic) bond motifs is 1. The van der Waals surface area contributed by atoms with E-state index in [4.69, 9.17) is 16.3 Å². The van der Waals surface area contributed by atoms with Gasteiger partial charge in [-0.15, -0.1) is 5.10 Å². The standard InChI is InChI=1S/C10H10ClN3O2.C4H7BrO2/c1-2-16-10(15)6-14-9-5-7(11)3-4-8(9)12-13-14;1-2-7-4(6)3-5/h3-5H,2,6H2,1H3;2-3H2,1H3. The molecule has 0 amide bonds. The zero-order valence-corrected chi connectivity index (χ0v) is 15.1. The molecule has 0 aliphatic heterocycles. The van der Waals surface area contributed by atoms with Crippen LogP contribution < -0.4 is 0 Å². The fraction of sp³-hybridized carbons (Fsp3) is 0.429. The zero-order chi connectivity index (χ0) is 17.2. The molecular weight excluding hydrogens is 390 g/mol. The molecule has 0 aliphatic rings. The van der Waals surface area contributed by atoms with Crippen LogP contribution in [0.3, 0.4) is 0 Å². The number of hydrogen-bond donors (Lipinski definition) is 0. The quantitative estimate of drug-likeness (QED) is 0.560. The lowest BCUT2D eigenvalue weighted by atomic mass is 10.3. The molecule has 2 rings (SSSR count). The highest BCUT2D eigenvalue weighted by Gasteiger charge is 2.09. The number of ether oxygens (including phenoxy) is 2. The Kier molecular flexibility index (Phi) is 8.57. The molecule has 9 heteroatoms. The van der Waals surface area contributed by atoms with Crippen molar-refractivity contribution in [2.24, 2.45) is 0 Å². The molecule has 0 atom stereocenters. The van der Waals surface area contributed by atoms with Crippen LogP contribution in [0.2, 0.25) is 5.02 Å². The van der Waals surface area contributed by atoms with E-state index in [0.29, 0.717) is 29.1 Å². The van der Waals surface area contributed by atoms with Crippen molar-refractivity contribution in [1.29, 1.82) is 0 Å². The third-order valence-corrected chi connectivity index (χ3v) is 3.17. The smallest absolute Gasteiger partial charge is 0.327 e. The van der Waals surface area contributed by atoms with Gasteiger partial charge in [-0.05, 0) is 32.0 Å². The molecule has 0 spiro atoms. The first-order chi connectivity index (χ1) is 11.0. The first-order valence-electron chi connectivity index (χ1n) is 6.87. The summed E-state index contributed by atoms with van der Waals surface area (Å²) in [5.74, 6) is -0.545. The molecule has 7 nitrogen and oxygen atoms in total. The van der Waals surface area contributed by atoms with E-state index in [1.807, 2.05) is 0 Å². The summed E-state index contributed by atoms with van der Waals surface area (Å²) in [4.78, 5) is 21.4. The van der Waals surface area contributed by atoms with E-state index in [2.05, 4.69) is 31.0 Å². The molecule has 0 unspecified atom stereocenters. The van der Waals surface area contributed by atoms with Gasteiger partial charge in [-0.2, -0.15) is 0 Å². The maximum Gasteiger partial charge on any atom is 0.327 e. The Hall–Kier alpha value is -1.67. The highest BCUT2D eigenvalue weighted by molar-refractivity contribution is 9.09. The number of rotatable bonds is 5. The van der Waals surface area contributed by atoms with Crippen LogP contribution in [0.15, 0.2) is 18.2 Å². The van der Waals surface area contributed by atoms with E-state index in [-0.39, 0.29) is 18.5 Å². The summed E-state index contributed by atoms with van der Waals surface area (Å²) in [6.07, 6.45) is 0. The van der Waals surface area contributed by atoms with Gasteiger partial charge >= 0.3 is 11.9 Å². The lowest BCUT2D eigenvalue weighted by molar-refractivity contribution is -0.144. The van der Waals surface area contributed by atoms with Gasteiger partial charge in [-0.1, -0.05) is 32.7 Å². The second-order valence-electron chi connectivity index (χ2n) is 4.12. The van der Waals surface area contributed by atoms with Crippen LogP contribution in [0.5, 0.6) is 0 Å². The minimum absolute atomic E-state index is 0.0463. The van der Waals surface area contributed by atoms with Crippen molar-refractivity contribution in [3.63, 3.8) is 0 Å². The fourth-order valence-corrected chi connectivity index (χ4v) is 1.91. The zero-order valence-electron chi connectivity index (χ0n) is 12.8. The molecular formula is C14H17BrClN3O4. The van der Waals surface area contributed by atoms with E-state index in [1.54, 1.807) is 32.0 Å². The molecule has 0 N–H and O–H groups in total. The maximum atomic E-state index is 11.3. The summed E-state index contributed by atoms with van der Waals surface area (Å²) in [6.45, 7) is 4.40. The summed E-state index contributed by atoms with van der Waals surface area (Å²) in [6, 6.07) is 5.20. The molecule has 1 heterocycles. The van der Waals surface area contributed by atoms with Crippen molar-refractivity contribution in [2.75, 3.05) is 18.5 Å². The summed E-state index contributed by atoms with van der Waals surface area (Å²) in [7, 11) is 0. The van der Waals surface area contributed by atoms with Crippen molar-refractivity contribution in [3.8, 4) is 0 Å². The van der Waals surface area contributed by atoms with Crippen LogP contribution in [0, 0.1) is 0 Å². The Morgan fingerprint density at radius 1 is 1.22 bits per heavy atom. The number of aromatic nitrogens is 3. The van der Waals surface area contributed by atoms with Crippen molar-refractivity contribution in [2.45, 2.75) is 20.4 Å². The van der Waals surface area contributed by atoms with Gasteiger partial charge in [0.25, 0.3) is 0 Å². The van der Waals surface area contributed by atoms with Gasteiger partial charge in [0.15, 0.2) is 0 Å². The molecule has 126 valence electrons. The highest BCUT2D eigenvalue weighted by Crippen LogP contribution is 2.16. The van der Waals surface area contributed by atoms with Gasteiger partial charge in [0.05, 0.1) is 18.7 Å². The first kappa shape index (κ1) is 19.4. The van der Waals surface area contributed by atoms with Gasteiger partial charge in [0, 0.05) is 5.02 Å². The average molecular weight is 407 g/mol. The van der Waals surface area contributed by atoms with Crippen LogP contribution in [-0.2, 0) is 25.6 Å². The molecule has 1 aromatic heterocycles.